The molecule has 2 N–H and O–H groups in total. The highest BCUT2D eigenvalue weighted by Gasteiger charge is 2.28. The number of hydrogen-bond donors (Lipinski definition) is 1. The summed E-state index contributed by atoms with van der Waals surface area (Å²) in [4.78, 5) is 14.7. The van der Waals surface area contributed by atoms with E-state index >= 15 is 0 Å². The second kappa shape index (κ2) is 6.29. The normalized spacial score (nSPS) is 15.8. The van der Waals surface area contributed by atoms with Gasteiger partial charge in [0.25, 0.3) is 5.91 Å². The number of carbonyl (C=O) groups excluding carboxylic acids is 1. The first-order valence-corrected chi connectivity index (χ1v) is 8.28. The van der Waals surface area contributed by atoms with E-state index in [2.05, 4.69) is 22.6 Å². The molecule has 1 heterocycles. The van der Waals surface area contributed by atoms with E-state index in [-0.39, 0.29) is 5.91 Å². The van der Waals surface area contributed by atoms with E-state index in [1.165, 1.54) is 12.8 Å². The van der Waals surface area contributed by atoms with Crippen LogP contribution in [0.3, 0.4) is 0 Å². The number of carbonyl (C=O) groups is 1. The molecule has 0 atom stereocenters. The monoisotopic (exact) mass is 394 g/mol. The van der Waals surface area contributed by atoms with Crippen molar-refractivity contribution in [1.82, 2.24) is 4.90 Å². The quantitative estimate of drug-likeness (QED) is 0.631. The molecule has 1 aromatic heterocycles. The van der Waals surface area contributed by atoms with Crippen LogP contribution in [0.5, 0.6) is 0 Å². The van der Waals surface area contributed by atoms with Gasteiger partial charge in [0.1, 0.15) is 0 Å². The summed E-state index contributed by atoms with van der Waals surface area (Å²) in [6, 6.07) is 2.23. The Balaban J connectivity index is 2.17. The van der Waals surface area contributed by atoms with Crippen LogP contribution >= 0.6 is 46.1 Å². The van der Waals surface area contributed by atoms with Gasteiger partial charge in [-0.05, 0) is 41.5 Å². The number of rotatable bonds is 4. The van der Waals surface area contributed by atoms with Gasteiger partial charge in [0, 0.05) is 11.4 Å². The highest BCUT2D eigenvalue weighted by atomic mass is 127. The SMILES string of the molecule is NC(=S)CN(C(=O)c1csc(I)c1)C1CCCC1. The Morgan fingerprint density at radius 3 is 2.72 bits per heavy atom. The van der Waals surface area contributed by atoms with Crippen LogP contribution in [0.1, 0.15) is 36.0 Å². The molecule has 0 aromatic carbocycles. The molecule has 0 radical (unpaired) electrons. The molecular weight excluding hydrogens is 379 g/mol. The van der Waals surface area contributed by atoms with Crippen LogP contribution in [-0.2, 0) is 0 Å². The lowest BCUT2D eigenvalue weighted by Crippen LogP contribution is -2.43. The number of nitrogens with two attached hydrogens (primary N) is 1. The van der Waals surface area contributed by atoms with Gasteiger partial charge in [0.05, 0.1) is 20.0 Å². The summed E-state index contributed by atoms with van der Waals surface area (Å²) in [6.45, 7) is 0.394. The van der Waals surface area contributed by atoms with E-state index in [1.807, 2.05) is 16.3 Å². The Morgan fingerprint density at radius 1 is 1.56 bits per heavy atom. The molecule has 0 spiro atoms. The average molecular weight is 394 g/mol. The first-order valence-electron chi connectivity index (χ1n) is 5.91. The van der Waals surface area contributed by atoms with Crippen LogP contribution in [0, 0.1) is 2.88 Å². The van der Waals surface area contributed by atoms with Crippen molar-refractivity contribution >= 4 is 57.0 Å². The Kier molecular flexibility index (Phi) is 4.97. The predicted octanol–water partition coefficient (Wildman–Crippen LogP) is 3.02. The number of amides is 1. The lowest BCUT2D eigenvalue weighted by atomic mass is 10.1. The van der Waals surface area contributed by atoms with E-state index in [0.717, 1.165) is 21.3 Å². The smallest absolute Gasteiger partial charge is 0.255 e. The topological polar surface area (TPSA) is 46.3 Å². The standard InChI is InChI=1S/C12H15IN2OS2/c13-10-5-8(7-18-10)12(16)15(6-11(14)17)9-3-1-2-4-9/h5,7,9H,1-4,6H2,(H2,14,17). The van der Waals surface area contributed by atoms with Crippen LogP contribution in [0.25, 0.3) is 0 Å². The lowest BCUT2D eigenvalue weighted by molar-refractivity contribution is 0.0715. The van der Waals surface area contributed by atoms with Crippen molar-refractivity contribution in [2.75, 3.05) is 6.54 Å². The Labute approximate surface area is 130 Å². The zero-order valence-electron chi connectivity index (χ0n) is 9.89. The van der Waals surface area contributed by atoms with Gasteiger partial charge in [-0.2, -0.15) is 0 Å². The van der Waals surface area contributed by atoms with Crippen molar-refractivity contribution in [2.24, 2.45) is 5.73 Å². The first kappa shape index (κ1) is 14.2. The molecule has 98 valence electrons. The van der Waals surface area contributed by atoms with Gasteiger partial charge in [0.2, 0.25) is 0 Å². The molecule has 1 amide bonds. The third-order valence-electron chi connectivity index (χ3n) is 3.17. The number of nitrogens with zero attached hydrogens (tertiary/aromatic N) is 1. The maximum absolute atomic E-state index is 12.5. The second-order valence-electron chi connectivity index (χ2n) is 4.48. The van der Waals surface area contributed by atoms with Gasteiger partial charge in [-0.15, -0.1) is 11.3 Å². The Bertz CT molecular complexity index is 455. The van der Waals surface area contributed by atoms with Crippen LogP contribution in [0.2, 0.25) is 0 Å². The molecule has 1 saturated carbocycles. The van der Waals surface area contributed by atoms with E-state index in [1.54, 1.807) is 11.3 Å². The van der Waals surface area contributed by atoms with Crippen molar-refractivity contribution in [2.45, 2.75) is 31.7 Å². The summed E-state index contributed by atoms with van der Waals surface area (Å²) < 4.78 is 1.12. The molecule has 3 nitrogen and oxygen atoms in total. The average Bonchev–Trinajstić information content (AvgIpc) is 2.95. The Hall–Kier alpha value is -0.210. The van der Waals surface area contributed by atoms with E-state index in [9.17, 15) is 4.79 Å². The predicted molar refractivity (Wildman–Crippen MR) is 87.1 cm³/mol. The van der Waals surface area contributed by atoms with Crippen LogP contribution in [-0.4, -0.2) is 28.4 Å². The van der Waals surface area contributed by atoms with Crippen LogP contribution in [0.4, 0.5) is 0 Å². The maximum Gasteiger partial charge on any atom is 0.255 e. The summed E-state index contributed by atoms with van der Waals surface area (Å²) in [5.74, 6) is 0.0638. The molecule has 18 heavy (non-hydrogen) atoms. The summed E-state index contributed by atoms with van der Waals surface area (Å²) >= 11 is 8.78. The summed E-state index contributed by atoms with van der Waals surface area (Å²) in [5.41, 5.74) is 6.38. The molecule has 0 saturated heterocycles. The molecule has 0 aliphatic heterocycles. The molecular formula is C12H15IN2OS2. The van der Waals surface area contributed by atoms with Gasteiger partial charge in [-0.25, -0.2) is 0 Å². The highest BCUT2D eigenvalue weighted by Crippen LogP contribution is 2.26. The zero-order valence-corrected chi connectivity index (χ0v) is 13.7. The number of hydrogen-bond acceptors (Lipinski definition) is 3. The number of halogens is 1. The fourth-order valence-electron chi connectivity index (χ4n) is 2.34. The van der Waals surface area contributed by atoms with Crippen LogP contribution in [0.15, 0.2) is 11.4 Å². The summed E-state index contributed by atoms with van der Waals surface area (Å²) in [5, 5.41) is 1.91. The Morgan fingerprint density at radius 2 is 2.22 bits per heavy atom. The molecule has 6 heteroatoms. The molecule has 0 bridgehead atoms. The molecule has 1 aromatic rings. The largest absolute Gasteiger partial charge is 0.392 e. The summed E-state index contributed by atoms with van der Waals surface area (Å²) in [7, 11) is 0. The minimum absolute atomic E-state index is 0.0638. The number of thiophene rings is 1. The molecule has 1 aliphatic rings. The summed E-state index contributed by atoms with van der Waals surface area (Å²) in [6.07, 6.45) is 4.51. The van der Waals surface area contributed by atoms with Crippen molar-refractivity contribution in [3.63, 3.8) is 0 Å². The molecule has 2 rings (SSSR count). The van der Waals surface area contributed by atoms with Crippen LogP contribution < -0.4 is 5.73 Å². The van der Waals surface area contributed by atoms with Crippen molar-refractivity contribution in [3.8, 4) is 0 Å². The van der Waals surface area contributed by atoms with E-state index in [4.69, 9.17) is 18.0 Å². The van der Waals surface area contributed by atoms with Gasteiger partial charge < -0.3 is 10.6 Å². The fraction of sp³-hybridized carbons (Fsp3) is 0.500. The van der Waals surface area contributed by atoms with Gasteiger partial charge in [0.15, 0.2) is 0 Å². The van der Waals surface area contributed by atoms with E-state index in [0.29, 0.717) is 17.6 Å². The van der Waals surface area contributed by atoms with Crippen molar-refractivity contribution in [3.05, 3.63) is 19.9 Å². The molecule has 0 unspecified atom stereocenters. The lowest BCUT2D eigenvalue weighted by Gasteiger charge is -2.28. The first-order chi connectivity index (χ1) is 8.58. The number of thiocarbonyl (C=S) groups is 1. The zero-order chi connectivity index (χ0) is 13.1. The molecule has 1 aliphatic carbocycles. The second-order valence-corrected chi connectivity index (χ2v) is 7.81. The third kappa shape index (κ3) is 3.42. The minimum Gasteiger partial charge on any atom is -0.392 e. The van der Waals surface area contributed by atoms with Crippen molar-refractivity contribution < 1.29 is 4.79 Å². The molecule has 1 fully saturated rings. The highest BCUT2D eigenvalue weighted by molar-refractivity contribution is 14.1. The maximum atomic E-state index is 12.5. The fourth-order valence-corrected chi connectivity index (χ4v) is 3.80. The minimum atomic E-state index is 0.0638. The van der Waals surface area contributed by atoms with E-state index < -0.39 is 0 Å². The van der Waals surface area contributed by atoms with Gasteiger partial charge in [-0.3, -0.25) is 4.79 Å². The third-order valence-corrected chi connectivity index (χ3v) is 5.09. The van der Waals surface area contributed by atoms with Gasteiger partial charge in [-0.1, -0.05) is 25.1 Å². The van der Waals surface area contributed by atoms with Gasteiger partial charge >= 0.3 is 0 Å². The van der Waals surface area contributed by atoms with Crippen molar-refractivity contribution in [1.29, 1.82) is 0 Å².